The molecule has 0 radical (unpaired) electrons. The normalized spacial score (nSPS) is 10.2. The summed E-state index contributed by atoms with van der Waals surface area (Å²) in [5.41, 5.74) is 1.27. The van der Waals surface area contributed by atoms with Crippen molar-refractivity contribution in [2.24, 2.45) is 0 Å². The zero-order chi connectivity index (χ0) is 14.7. The highest BCUT2D eigenvalue weighted by atomic mass is 35.5. The number of carboxylic acids is 1. The lowest BCUT2D eigenvalue weighted by Crippen LogP contribution is -2.04. The molecule has 20 heavy (non-hydrogen) atoms. The first-order valence-electron chi connectivity index (χ1n) is 5.83. The molecule has 2 N–H and O–H groups in total. The Hall–Kier alpha value is -2.27. The third-order valence-electron chi connectivity index (χ3n) is 2.74. The minimum absolute atomic E-state index is 0.175. The van der Waals surface area contributed by atoms with Crippen LogP contribution in [0.2, 0.25) is 5.02 Å². The van der Waals surface area contributed by atoms with Gasteiger partial charge in [0, 0.05) is 5.02 Å². The van der Waals surface area contributed by atoms with Crippen molar-refractivity contribution in [3.8, 4) is 5.75 Å². The number of benzene rings is 1. The quantitative estimate of drug-likeness (QED) is 0.902. The summed E-state index contributed by atoms with van der Waals surface area (Å²) in [6.07, 6.45) is 0. The number of pyridine rings is 1. The largest absolute Gasteiger partial charge is 0.495 e. The molecule has 2 aromatic rings. The van der Waals surface area contributed by atoms with Crippen LogP contribution in [0.15, 0.2) is 30.3 Å². The molecule has 0 amide bonds. The Morgan fingerprint density at radius 3 is 2.70 bits per heavy atom. The van der Waals surface area contributed by atoms with Gasteiger partial charge in [-0.05, 0) is 37.3 Å². The summed E-state index contributed by atoms with van der Waals surface area (Å²) >= 11 is 5.94. The van der Waals surface area contributed by atoms with Crippen LogP contribution in [0.1, 0.15) is 16.1 Å². The second kappa shape index (κ2) is 5.79. The molecule has 5 nitrogen and oxygen atoms in total. The van der Waals surface area contributed by atoms with Gasteiger partial charge in [0.25, 0.3) is 0 Å². The number of methoxy groups -OCH3 is 1. The summed E-state index contributed by atoms with van der Waals surface area (Å²) in [6.45, 7) is 1.64. The summed E-state index contributed by atoms with van der Waals surface area (Å²) in [7, 11) is 1.56. The van der Waals surface area contributed by atoms with Crippen molar-refractivity contribution in [2.75, 3.05) is 12.4 Å². The van der Waals surface area contributed by atoms with E-state index in [0.29, 0.717) is 28.0 Å². The number of aromatic carboxylic acids is 1. The van der Waals surface area contributed by atoms with Crippen molar-refractivity contribution < 1.29 is 14.6 Å². The molecule has 0 aliphatic carbocycles. The summed E-state index contributed by atoms with van der Waals surface area (Å²) < 4.78 is 5.22. The van der Waals surface area contributed by atoms with Crippen LogP contribution in [0.5, 0.6) is 5.75 Å². The van der Waals surface area contributed by atoms with E-state index < -0.39 is 5.97 Å². The molecule has 2 rings (SSSR count). The maximum atomic E-state index is 10.9. The molecule has 0 fully saturated rings. The predicted molar refractivity (Wildman–Crippen MR) is 77.2 cm³/mol. The number of anilines is 2. The molecule has 1 aromatic carbocycles. The van der Waals surface area contributed by atoms with Crippen molar-refractivity contribution in [3.05, 3.63) is 46.6 Å². The SMILES string of the molecule is COc1ccc(Cl)cc1Nc1ccc(C(=O)O)c(C)n1. The molecule has 0 unspecified atom stereocenters. The smallest absolute Gasteiger partial charge is 0.337 e. The number of aryl methyl sites for hydroxylation is 1. The fourth-order valence-electron chi connectivity index (χ4n) is 1.77. The fraction of sp³-hybridized carbons (Fsp3) is 0.143. The van der Waals surface area contributed by atoms with Gasteiger partial charge in [-0.25, -0.2) is 9.78 Å². The second-order valence-corrected chi connectivity index (χ2v) is 4.54. The Kier molecular flexibility index (Phi) is 4.10. The standard InChI is InChI=1S/C14H13ClN2O3/c1-8-10(14(18)19)4-6-13(16-8)17-11-7-9(15)3-5-12(11)20-2/h3-7H,1-2H3,(H,16,17)(H,18,19). The summed E-state index contributed by atoms with van der Waals surface area (Å²) in [6, 6.07) is 8.27. The van der Waals surface area contributed by atoms with Gasteiger partial charge in [-0.3, -0.25) is 0 Å². The number of carbonyl (C=O) groups is 1. The van der Waals surface area contributed by atoms with Crippen LogP contribution in [0.25, 0.3) is 0 Å². The molecule has 0 spiro atoms. The highest BCUT2D eigenvalue weighted by molar-refractivity contribution is 6.31. The van der Waals surface area contributed by atoms with Crippen molar-refractivity contribution in [1.82, 2.24) is 4.98 Å². The number of hydrogen-bond donors (Lipinski definition) is 2. The van der Waals surface area contributed by atoms with Crippen LogP contribution in [-0.4, -0.2) is 23.2 Å². The predicted octanol–water partition coefficient (Wildman–Crippen LogP) is 3.49. The molecule has 0 bridgehead atoms. The zero-order valence-electron chi connectivity index (χ0n) is 11.0. The summed E-state index contributed by atoms with van der Waals surface area (Å²) in [4.78, 5) is 15.1. The molecular weight excluding hydrogens is 280 g/mol. The molecule has 0 saturated heterocycles. The van der Waals surface area contributed by atoms with E-state index in [1.54, 1.807) is 38.3 Å². The number of rotatable bonds is 4. The minimum Gasteiger partial charge on any atom is -0.495 e. The molecule has 1 heterocycles. The van der Waals surface area contributed by atoms with Gasteiger partial charge in [0.1, 0.15) is 11.6 Å². The number of aromatic nitrogens is 1. The molecular formula is C14H13ClN2O3. The number of halogens is 1. The van der Waals surface area contributed by atoms with Gasteiger partial charge in [-0.15, -0.1) is 0 Å². The molecule has 0 aliphatic heterocycles. The van der Waals surface area contributed by atoms with Crippen molar-refractivity contribution >= 4 is 29.1 Å². The fourth-order valence-corrected chi connectivity index (χ4v) is 1.94. The summed E-state index contributed by atoms with van der Waals surface area (Å²) in [5, 5.41) is 12.6. The minimum atomic E-state index is -0.998. The second-order valence-electron chi connectivity index (χ2n) is 4.10. The number of hydrogen-bond acceptors (Lipinski definition) is 4. The number of nitrogens with zero attached hydrogens (tertiary/aromatic N) is 1. The van der Waals surface area contributed by atoms with Crippen molar-refractivity contribution in [1.29, 1.82) is 0 Å². The first-order chi connectivity index (χ1) is 9.51. The van der Waals surface area contributed by atoms with E-state index in [9.17, 15) is 4.79 Å². The van der Waals surface area contributed by atoms with Crippen LogP contribution < -0.4 is 10.1 Å². The molecule has 1 aromatic heterocycles. The topological polar surface area (TPSA) is 71.5 Å². The Balaban J connectivity index is 2.33. The van der Waals surface area contributed by atoms with Gasteiger partial charge in [0.15, 0.2) is 0 Å². The van der Waals surface area contributed by atoms with Crippen LogP contribution in [0.3, 0.4) is 0 Å². The lowest BCUT2D eigenvalue weighted by Gasteiger charge is -2.12. The Labute approximate surface area is 121 Å². The van der Waals surface area contributed by atoms with Gasteiger partial charge in [0.05, 0.1) is 24.1 Å². The number of nitrogens with one attached hydrogen (secondary N) is 1. The Bertz CT molecular complexity index is 659. The summed E-state index contributed by atoms with van der Waals surface area (Å²) in [5.74, 6) is 0.145. The van der Waals surface area contributed by atoms with E-state index in [0.717, 1.165) is 0 Å². The third kappa shape index (κ3) is 3.00. The lowest BCUT2D eigenvalue weighted by atomic mass is 10.2. The van der Waals surface area contributed by atoms with Gasteiger partial charge in [-0.1, -0.05) is 11.6 Å². The molecule has 0 aliphatic rings. The molecule has 0 atom stereocenters. The highest BCUT2D eigenvalue weighted by Crippen LogP contribution is 2.30. The van der Waals surface area contributed by atoms with Gasteiger partial charge < -0.3 is 15.2 Å². The number of ether oxygens (including phenoxy) is 1. The van der Waals surface area contributed by atoms with Gasteiger partial charge >= 0.3 is 5.97 Å². The molecule has 0 saturated carbocycles. The van der Waals surface area contributed by atoms with E-state index in [-0.39, 0.29) is 5.56 Å². The van der Waals surface area contributed by atoms with Crippen LogP contribution >= 0.6 is 11.6 Å². The molecule has 104 valence electrons. The maximum Gasteiger partial charge on any atom is 0.337 e. The van der Waals surface area contributed by atoms with Gasteiger partial charge in [0.2, 0.25) is 0 Å². The van der Waals surface area contributed by atoms with Crippen LogP contribution in [0, 0.1) is 6.92 Å². The van der Waals surface area contributed by atoms with Crippen LogP contribution in [-0.2, 0) is 0 Å². The van der Waals surface area contributed by atoms with E-state index in [2.05, 4.69) is 10.3 Å². The first-order valence-corrected chi connectivity index (χ1v) is 6.20. The average molecular weight is 293 g/mol. The van der Waals surface area contributed by atoms with Crippen LogP contribution in [0.4, 0.5) is 11.5 Å². The number of carboxylic acid groups (broad SMARTS) is 1. The maximum absolute atomic E-state index is 10.9. The lowest BCUT2D eigenvalue weighted by molar-refractivity contribution is 0.0695. The molecule has 6 heteroatoms. The van der Waals surface area contributed by atoms with E-state index >= 15 is 0 Å². The Morgan fingerprint density at radius 1 is 1.35 bits per heavy atom. The van der Waals surface area contributed by atoms with Gasteiger partial charge in [-0.2, -0.15) is 0 Å². The monoisotopic (exact) mass is 292 g/mol. The van der Waals surface area contributed by atoms with E-state index in [4.69, 9.17) is 21.4 Å². The first kappa shape index (κ1) is 14.1. The third-order valence-corrected chi connectivity index (χ3v) is 2.98. The van der Waals surface area contributed by atoms with E-state index in [1.807, 2.05) is 0 Å². The van der Waals surface area contributed by atoms with E-state index in [1.165, 1.54) is 6.07 Å². The Morgan fingerprint density at radius 2 is 2.10 bits per heavy atom. The average Bonchev–Trinajstić information content (AvgIpc) is 2.38. The van der Waals surface area contributed by atoms with Crippen molar-refractivity contribution in [3.63, 3.8) is 0 Å². The zero-order valence-corrected chi connectivity index (χ0v) is 11.7. The highest BCUT2D eigenvalue weighted by Gasteiger charge is 2.10. The van der Waals surface area contributed by atoms with Crippen molar-refractivity contribution in [2.45, 2.75) is 6.92 Å².